The normalized spacial score (nSPS) is 26.1. The molecule has 3 aliphatic rings. The number of pyridine rings is 1. The molecule has 6 atom stereocenters. The molecule has 0 spiro atoms. The predicted molar refractivity (Wildman–Crippen MR) is 177 cm³/mol. The molecule has 2 saturated carbocycles. The van der Waals surface area contributed by atoms with Crippen LogP contribution in [-0.2, 0) is 10.7 Å². The minimum absolute atomic E-state index is 0.0993. The van der Waals surface area contributed by atoms with Crippen LogP contribution in [0.3, 0.4) is 0 Å². The molecule has 3 fully saturated rings. The number of anilines is 1. The average Bonchev–Trinajstić information content (AvgIpc) is 3.68. The summed E-state index contributed by atoms with van der Waals surface area (Å²) in [6.45, 7) is 12.2. The highest BCUT2D eigenvalue weighted by Gasteiger charge is 2.65. The molecular formula is C32H40FIN5O3P. The molecule has 0 radical (unpaired) electrons. The van der Waals surface area contributed by atoms with Crippen molar-refractivity contribution in [2.75, 3.05) is 25.5 Å². The Labute approximate surface area is 268 Å². The third kappa shape index (κ3) is 4.96. The molecule has 3 aromatic rings. The van der Waals surface area contributed by atoms with E-state index in [1.807, 2.05) is 36.7 Å². The molecule has 43 heavy (non-hydrogen) atoms. The lowest BCUT2D eigenvalue weighted by Gasteiger charge is -2.29. The van der Waals surface area contributed by atoms with Crippen molar-refractivity contribution in [2.24, 2.45) is 17.3 Å². The molecule has 6 rings (SSSR count). The number of halogens is 2. The van der Waals surface area contributed by atoms with Crippen LogP contribution in [0.4, 0.5) is 10.1 Å². The molecule has 1 saturated heterocycles. The quantitative estimate of drug-likeness (QED) is 0.162. The van der Waals surface area contributed by atoms with E-state index in [2.05, 4.69) is 52.3 Å². The number of hydrogen-bond donors (Lipinski definition) is 1. The number of benzene rings is 1. The minimum Gasteiger partial charge on any atom is -0.451 e. The number of likely N-dealkylation sites (tertiary alicyclic amines) is 1. The highest BCUT2D eigenvalue weighted by atomic mass is 127. The van der Waals surface area contributed by atoms with Gasteiger partial charge in [0.05, 0.1) is 56.5 Å². The van der Waals surface area contributed by atoms with E-state index in [0.717, 1.165) is 25.9 Å². The van der Waals surface area contributed by atoms with Crippen LogP contribution in [0.15, 0.2) is 52.3 Å². The summed E-state index contributed by atoms with van der Waals surface area (Å²) in [6.07, 6.45) is 6.40. The van der Waals surface area contributed by atoms with Crippen LogP contribution in [0.5, 0.6) is 0 Å². The van der Waals surface area contributed by atoms with Gasteiger partial charge in [-0.25, -0.2) is 9.37 Å². The standard InChI is InChI=1S/C32H40FIN5O3P/c1-18(2)32(10-11-32)38-13-21(24(12-26(38)40)36-28-23-14-37(6)16-30(23,28)4)29(41)39(34)19(3)20-8-7-9-22(27(20)33)31(5,43)25-15-42-17-35-25/h7-9,12-13,15,17-19,23,28,36H,10-11,14,16,43H2,1-6H3/t19?,23?,28-,30-,31?/m0/s1. The Balaban J connectivity index is 1.35. The van der Waals surface area contributed by atoms with Crippen molar-refractivity contribution < 1.29 is 13.6 Å². The van der Waals surface area contributed by atoms with Crippen molar-refractivity contribution in [3.05, 3.63) is 81.7 Å². The van der Waals surface area contributed by atoms with Gasteiger partial charge in [0.25, 0.3) is 11.5 Å². The fourth-order valence-corrected chi connectivity index (χ4v) is 8.22. The summed E-state index contributed by atoms with van der Waals surface area (Å²) in [6, 6.07) is 6.45. The summed E-state index contributed by atoms with van der Waals surface area (Å²) in [5.74, 6) is 0.0483. The van der Waals surface area contributed by atoms with E-state index < -0.39 is 17.0 Å². The summed E-state index contributed by atoms with van der Waals surface area (Å²) >= 11 is 1.99. The van der Waals surface area contributed by atoms with E-state index in [4.69, 9.17) is 4.42 Å². The van der Waals surface area contributed by atoms with E-state index >= 15 is 4.39 Å². The Kier molecular flexibility index (Phi) is 7.61. The van der Waals surface area contributed by atoms with Crippen molar-refractivity contribution in [2.45, 2.75) is 70.2 Å². The number of fused-ring (bicyclic) bond motifs is 1. The molecule has 1 N–H and O–H groups in total. The highest BCUT2D eigenvalue weighted by molar-refractivity contribution is 14.1. The lowest BCUT2D eigenvalue weighted by Crippen LogP contribution is -2.36. The van der Waals surface area contributed by atoms with Gasteiger partial charge in [-0.05, 0) is 39.7 Å². The number of oxazole rings is 1. The number of carbonyl (C=O) groups is 1. The fraction of sp³-hybridized carbons (Fsp3) is 0.531. The molecule has 2 aliphatic carbocycles. The summed E-state index contributed by atoms with van der Waals surface area (Å²) in [5.41, 5.74) is 2.15. The zero-order valence-electron chi connectivity index (χ0n) is 25.5. The first-order valence-corrected chi connectivity index (χ1v) is 16.4. The second kappa shape index (κ2) is 10.7. The molecule has 4 unspecified atom stereocenters. The number of carbonyl (C=O) groups excluding carboxylic acids is 1. The molecular weight excluding hydrogens is 679 g/mol. The zero-order chi connectivity index (χ0) is 31.1. The molecule has 3 heterocycles. The topological polar surface area (TPSA) is 83.6 Å². The fourth-order valence-electron chi connectivity index (χ4n) is 7.29. The Morgan fingerprint density at radius 1 is 1.33 bits per heavy atom. The van der Waals surface area contributed by atoms with E-state index in [1.165, 1.54) is 12.7 Å². The summed E-state index contributed by atoms with van der Waals surface area (Å²) < 4.78 is 24.7. The van der Waals surface area contributed by atoms with Crippen LogP contribution in [0.1, 0.15) is 80.7 Å². The first-order valence-electron chi connectivity index (χ1n) is 14.9. The van der Waals surface area contributed by atoms with Crippen LogP contribution in [0.25, 0.3) is 0 Å². The largest absolute Gasteiger partial charge is 0.451 e. The van der Waals surface area contributed by atoms with Crippen molar-refractivity contribution in [3.8, 4) is 0 Å². The van der Waals surface area contributed by atoms with Gasteiger partial charge in [0.15, 0.2) is 6.39 Å². The van der Waals surface area contributed by atoms with E-state index in [9.17, 15) is 9.59 Å². The lowest BCUT2D eigenvalue weighted by molar-refractivity contribution is 0.0860. The first-order chi connectivity index (χ1) is 20.2. The summed E-state index contributed by atoms with van der Waals surface area (Å²) in [7, 11) is 4.80. The maximum Gasteiger partial charge on any atom is 0.266 e. The molecule has 11 heteroatoms. The number of nitrogens with one attached hydrogen (secondary N) is 1. The smallest absolute Gasteiger partial charge is 0.266 e. The molecule has 0 bridgehead atoms. The number of amides is 1. The van der Waals surface area contributed by atoms with E-state index in [0.29, 0.717) is 34.0 Å². The number of hydrogen-bond acceptors (Lipinski definition) is 6. The van der Waals surface area contributed by atoms with Gasteiger partial charge in [-0.3, -0.25) is 12.7 Å². The Hall–Kier alpha value is -2.30. The molecule has 1 aliphatic heterocycles. The molecule has 1 aromatic carbocycles. The average molecular weight is 720 g/mol. The highest BCUT2D eigenvalue weighted by Crippen LogP contribution is 2.58. The Morgan fingerprint density at radius 3 is 2.63 bits per heavy atom. The Morgan fingerprint density at radius 2 is 2.05 bits per heavy atom. The minimum atomic E-state index is -0.818. The van der Waals surface area contributed by atoms with Gasteiger partial charge in [0.1, 0.15) is 12.1 Å². The van der Waals surface area contributed by atoms with Crippen molar-refractivity contribution >= 4 is 43.7 Å². The number of rotatable bonds is 9. The lowest BCUT2D eigenvalue weighted by atomic mass is 9.93. The van der Waals surface area contributed by atoms with Gasteiger partial charge in [-0.15, -0.1) is 9.24 Å². The van der Waals surface area contributed by atoms with Gasteiger partial charge in [0, 0.05) is 53.9 Å². The van der Waals surface area contributed by atoms with E-state index in [1.54, 1.807) is 38.1 Å². The molecule has 230 valence electrons. The second-order valence-corrected chi connectivity index (χ2v) is 15.8. The molecule has 1 amide bonds. The van der Waals surface area contributed by atoms with Gasteiger partial charge in [0.2, 0.25) is 0 Å². The van der Waals surface area contributed by atoms with Crippen LogP contribution >= 0.6 is 32.1 Å². The van der Waals surface area contributed by atoms with Gasteiger partial charge in [-0.1, -0.05) is 39.0 Å². The SMILES string of the molecule is CC(c1cccc(C(C)(P)c2cocn2)c1F)N(I)C(=O)c1cn(C2(C(C)C)CC2)c(=O)cc1N[C@H]1C2CN(C)C[C@@]21C. The van der Waals surface area contributed by atoms with Gasteiger partial charge >= 0.3 is 0 Å². The zero-order valence-corrected chi connectivity index (χ0v) is 28.8. The van der Waals surface area contributed by atoms with Crippen LogP contribution in [0, 0.1) is 23.1 Å². The van der Waals surface area contributed by atoms with Crippen LogP contribution in [-0.4, -0.2) is 49.7 Å². The maximum absolute atomic E-state index is 16.2. The second-order valence-electron chi connectivity index (χ2n) is 13.6. The Bertz CT molecular complexity index is 1620. The third-order valence-electron chi connectivity index (χ3n) is 10.4. The van der Waals surface area contributed by atoms with Crippen molar-refractivity contribution in [1.29, 1.82) is 0 Å². The monoisotopic (exact) mass is 719 g/mol. The number of piperidine rings is 1. The van der Waals surface area contributed by atoms with Gasteiger partial charge < -0.3 is 19.2 Å². The first kappa shape index (κ1) is 30.7. The molecule has 8 nitrogen and oxygen atoms in total. The van der Waals surface area contributed by atoms with E-state index in [-0.39, 0.29) is 34.4 Å². The third-order valence-corrected chi connectivity index (χ3v) is 12.3. The van der Waals surface area contributed by atoms with Crippen molar-refractivity contribution in [3.63, 3.8) is 0 Å². The van der Waals surface area contributed by atoms with Crippen LogP contribution < -0.4 is 10.9 Å². The number of aromatic nitrogens is 2. The summed E-state index contributed by atoms with van der Waals surface area (Å²) in [5, 5.41) is 2.79. The van der Waals surface area contributed by atoms with Gasteiger partial charge in [-0.2, -0.15) is 0 Å². The maximum atomic E-state index is 16.2. The number of nitrogens with zero attached hydrogens (tertiary/aromatic N) is 4. The van der Waals surface area contributed by atoms with Crippen LogP contribution in [0.2, 0.25) is 0 Å². The summed E-state index contributed by atoms with van der Waals surface area (Å²) in [4.78, 5) is 34.4. The molecule has 2 aromatic heterocycles. The predicted octanol–water partition coefficient (Wildman–Crippen LogP) is 6.17. The van der Waals surface area contributed by atoms with Crippen molar-refractivity contribution in [1.82, 2.24) is 17.6 Å².